The van der Waals surface area contributed by atoms with Gasteiger partial charge in [0.25, 0.3) is 0 Å². The number of rotatable bonds is 5. The van der Waals surface area contributed by atoms with Crippen LogP contribution in [-0.4, -0.2) is 12.4 Å². The summed E-state index contributed by atoms with van der Waals surface area (Å²) in [6.07, 6.45) is 3.00. The third-order valence-corrected chi connectivity index (χ3v) is 5.06. The van der Waals surface area contributed by atoms with Gasteiger partial charge in [-0.3, -0.25) is 4.79 Å². The van der Waals surface area contributed by atoms with E-state index in [9.17, 15) is 10.1 Å². The van der Waals surface area contributed by atoms with Gasteiger partial charge in [0.15, 0.2) is 5.78 Å². The number of hydrogen-bond donors (Lipinski definition) is 1. The molecule has 27 heavy (non-hydrogen) atoms. The molecule has 1 aliphatic heterocycles. The van der Waals surface area contributed by atoms with Gasteiger partial charge in [-0.05, 0) is 17.9 Å². The summed E-state index contributed by atoms with van der Waals surface area (Å²) >= 11 is 0. The molecule has 0 bridgehead atoms. The Morgan fingerprint density at radius 2 is 2.07 bits per heavy atom. The average Bonchev–Trinajstić information content (AvgIpc) is 2.60. The SMILES string of the molecule is CCCCOc1ccccc1C1C(C#N)=C(N)OC2=C1C(=O)CC(C)(C)C2. The van der Waals surface area contributed by atoms with Crippen molar-refractivity contribution in [2.75, 3.05) is 6.61 Å². The first-order chi connectivity index (χ1) is 12.9. The molecule has 0 amide bonds. The number of nitrogens with zero attached hydrogens (tertiary/aromatic N) is 1. The normalized spacial score (nSPS) is 21.4. The zero-order valence-electron chi connectivity index (χ0n) is 16.2. The van der Waals surface area contributed by atoms with E-state index in [4.69, 9.17) is 15.2 Å². The lowest BCUT2D eigenvalue weighted by Crippen LogP contribution is -2.33. The van der Waals surface area contributed by atoms with Crippen LogP contribution in [0.25, 0.3) is 0 Å². The summed E-state index contributed by atoms with van der Waals surface area (Å²) in [7, 11) is 0. The highest BCUT2D eigenvalue weighted by Gasteiger charge is 2.43. The van der Waals surface area contributed by atoms with Gasteiger partial charge >= 0.3 is 0 Å². The van der Waals surface area contributed by atoms with Gasteiger partial charge in [-0.2, -0.15) is 5.26 Å². The highest BCUT2D eigenvalue weighted by atomic mass is 16.5. The monoisotopic (exact) mass is 366 g/mol. The molecule has 0 aromatic heterocycles. The van der Waals surface area contributed by atoms with E-state index in [1.54, 1.807) is 0 Å². The van der Waals surface area contributed by atoms with Crippen LogP contribution in [-0.2, 0) is 9.53 Å². The second-order valence-electron chi connectivity index (χ2n) is 7.94. The Bertz CT molecular complexity index is 859. The van der Waals surface area contributed by atoms with E-state index >= 15 is 0 Å². The van der Waals surface area contributed by atoms with Crippen LogP contribution in [0.4, 0.5) is 0 Å². The maximum absolute atomic E-state index is 13.0. The lowest BCUT2D eigenvalue weighted by Gasteiger charge is -2.37. The van der Waals surface area contributed by atoms with Crippen molar-refractivity contribution in [1.29, 1.82) is 5.26 Å². The summed E-state index contributed by atoms with van der Waals surface area (Å²) in [4.78, 5) is 13.0. The largest absolute Gasteiger partial charge is 0.493 e. The van der Waals surface area contributed by atoms with Crippen LogP contribution in [0.2, 0.25) is 0 Å². The van der Waals surface area contributed by atoms with E-state index in [-0.39, 0.29) is 22.7 Å². The molecule has 5 heteroatoms. The van der Waals surface area contributed by atoms with Crippen LogP contribution in [0.15, 0.2) is 47.1 Å². The summed E-state index contributed by atoms with van der Waals surface area (Å²) < 4.78 is 11.7. The van der Waals surface area contributed by atoms with Gasteiger partial charge in [-0.1, -0.05) is 45.4 Å². The number of benzene rings is 1. The molecular formula is C22H26N2O3. The maximum atomic E-state index is 13.0. The topological polar surface area (TPSA) is 85.3 Å². The van der Waals surface area contributed by atoms with Crippen LogP contribution >= 0.6 is 0 Å². The first-order valence-corrected chi connectivity index (χ1v) is 9.43. The Kier molecular flexibility index (Phi) is 5.27. The molecular weight excluding hydrogens is 340 g/mol. The molecule has 0 fully saturated rings. The standard InChI is InChI=1S/C22H26N2O3/c1-4-5-10-26-17-9-7-6-8-14(17)19-15(13-23)21(24)27-18-12-22(2,3)11-16(25)20(18)19/h6-9,19H,4-5,10-12,24H2,1-3H3. The molecule has 1 atom stereocenters. The summed E-state index contributed by atoms with van der Waals surface area (Å²) in [5, 5.41) is 9.73. The van der Waals surface area contributed by atoms with Crippen molar-refractivity contribution in [1.82, 2.24) is 0 Å². The number of Topliss-reactive ketones (excluding diaryl/α,β-unsaturated/α-hetero) is 1. The van der Waals surface area contributed by atoms with E-state index in [2.05, 4.69) is 13.0 Å². The Morgan fingerprint density at radius 1 is 1.33 bits per heavy atom. The second-order valence-corrected chi connectivity index (χ2v) is 7.94. The Hall–Kier alpha value is -2.74. The first kappa shape index (κ1) is 19.0. The lowest BCUT2D eigenvalue weighted by atomic mass is 9.70. The van der Waals surface area contributed by atoms with E-state index in [0.717, 1.165) is 18.4 Å². The molecule has 1 aromatic carbocycles. The number of allylic oxidation sites excluding steroid dienone is 3. The number of nitrogens with two attached hydrogens (primary N) is 1. The fraction of sp³-hybridized carbons (Fsp3) is 0.455. The molecule has 1 aliphatic carbocycles. The molecule has 2 N–H and O–H groups in total. The Morgan fingerprint density at radius 3 is 2.78 bits per heavy atom. The van der Waals surface area contributed by atoms with Gasteiger partial charge in [0.2, 0.25) is 5.88 Å². The number of carbonyl (C=O) groups is 1. The Labute approximate surface area is 160 Å². The molecule has 3 rings (SSSR count). The number of hydrogen-bond acceptors (Lipinski definition) is 5. The summed E-state index contributed by atoms with van der Waals surface area (Å²) in [6, 6.07) is 9.72. The quantitative estimate of drug-likeness (QED) is 0.785. The fourth-order valence-corrected chi connectivity index (χ4v) is 3.77. The van der Waals surface area contributed by atoms with Crippen molar-refractivity contribution in [2.24, 2.45) is 11.1 Å². The van der Waals surface area contributed by atoms with E-state index in [0.29, 0.717) is 36.5 Å². The van der Waals surface area contributed by atoms with Crippen molar-refractivity contribution in [3.05, 3.63) is 52.6 Å². The van der Waals surface area contributed by atoms with E-state index in [1.165, 1.54) is 0 Å². The van der Waals surface area contributed by atoms with Crippen LogP contribution in [0, 0.1) is 16.7 Å². The van der Waals surface area contributed by atoms with Crippen molar-refractivity contribution in [3.8, 4) is 11.8 Å². The van der Waals surface area contributed by atoms with E-state index in [1.807, 2.05) is 38.1 Å². The van der Waals surface area contributed by atoms with Gasteiger partial charge in [-0.25, -0.2) is 0 Å². The van der Waals surface area contributed by atoms with Crippen LogP contribution in [0.5, 0.6) is 5.75 Å². The van der Waals surface area contributed by atoms with Crippen molar-refractivity contribution >= 4 is 5.78 Å². The third kappa shape index (κ3) is 3.71. The molecule has 142 valence electrons. The predicted molar refractivity (Wildman–Crippen MR) is 103 cm³/mol. The number of ketones is 1. The summed E-state index contributed by atoms with van der Waals surface area (Å²) in [5.41, 5.74) is 7.49. The molecule has 1 aromatic rings. The van der Waals surface area contributed by atoms with Gasteiger partial charge in [-0.15, -0.1) is 0 Å². The zero-order chi connectivity index (χ0) is 19.6. The molecule has 0 saturated heterocycles. The lowest BCUT2D eigenvalue weighted by molar-refractivity contribution is -0.119. The van der Waals surface area contributed by atoms with E-state index < -0.39 is 5.92 Å². The number of ether oxygens (including phenoxy) is 2. The highest BCUT2D eigenvalue weighted by Crippen LogP contribution is 2.49. The third-order valence-electron chi connectivity index (χ3n) is 5.06. The number of carbonyl (C=O) groups excluding carboxylic acids is 1. The van der Waals surface area contributed by atoms with Crippen molar-refractivity contribution in [3.63, 3.8) is 0 Å². The Balaban J connectivity index is 2.11. The number of nitriles is 1. The highest BCUT2D eigenvalue weighted by molar-refractivity contribution is 6.00. The molecule has 1 heterocycles. The second kappa shape index (κ2) is 7.48. The van der Waals surface area contributed by atoms with Crippen molar-refractivity contribution in [2.45, 2.75) is 52.4 Å². The van der Waals surface area contributed by atoms with Crippen LogP contribution in [0.3, 0.4) is 0 Å². The minimum Gasteiger partial charge on any atom is -0.493 e. The summed E-state index contributed by atoms with van der Waals surface area (Å²) in [5.74, 6) is 0.814. The smallest absolute Gasteiger partial charge is 0.205 e. The van der Waals surface area contributed by atoms with Crippen LogP contribution < -0.4 is 10.5 Å². The molecule has 5 nitrogen and oxygen atoms in total. The van der Waals surface area contributed by atoms with Gasteiger partial charge in [0.1, 0.15) is 23.2 Å². The molecule has 0 saturated carbocycles. The fourth-order valence-electron chi connectivity index (χ4n) is 3.77. The predicted octanol–water partition coefficient (Wildman–Crippen LogP) is 4.32. The molecule has 2 aliphatic rings. The molecule has 0 radical (unpaired) electrons. The van der Waals surface area contributed by atoms with Crippen molar-refractivity contribution < 1.29 is 14.3 Å². The first-order valence-electron chi connectivity index (χ1n) is 9.43. The molecule has 0 spiro atoms. The summed E-state index contributed by atoms with van der Waals surface area (Å²) in [6.45, 7) is 6.76. The maximum Gasteiger partial charge on any atom is 0.205 e. The minimum absolute atomic E-state index is 0.00913. The van der Waals surface area contributed by atoms with Gasteiger partial charge in [0.05, 0.1) is 12.5 Å². The number of unbranched alkanes of at least 4 members (excludes halogenated alkanes) is 1. The minimum atomic E-state index is -0.542. The van der Waals surface area contributed by atoms with Crippen LogP contribution in [0.1, 0.15) is 57.9 Å². The van der Waals surface area contributed by atoms with Gasteiger partial charge in [0, 0.05) is 24.0 Å². The molecule has 1 unspecified atom stereocenters. The zero-order valence-corrected chi connectivity index (χ0v) is 16.2. The average molecular weight is 366 g/mol. The number of para-hydroxylation sites is 1. The van der Waals surface area contributed by atoms with Gasteiger partial charge < -0.3 is 15.2 Å².